The minimum atomic E-state index is -0.745. The van der Waals surface area contributed by atoms with Gasteiger partial charge in [0.05, 0.1) is 18.3 Å². The van der Waals surface area contributed by atoms with Gasteiger partial charge in [0.25, 0.3) is 0 Å². The van der Waals surface area contributed by atoms with E-state index in [0.717, 1.165) is 19.5 Å². The van der Waals surface area contributed by atoms with Crippen molar-refractivity contribution in [1.82, 2.24) is 4.90 Å². The fraction of sp³-hybridized carbons (Fsp3) is 0.929. The van der Waals surface area contributed by atoms with Gasteiger partial charge >= 0.3 is 5.97 Å². The largest absolute Gasteiger partial charge is 0.481 e. The second-order valence-corrected chi connectivity index (χ2v) is 6.60. The summed E-state index contributed by atoms with van der Waals surface area (Å²) in [5.41, 5.74) is -0.960. The third-order valence-electron chi connectivity index (χ3n) is 3.94. The predicted octanol–water partition coefficient (Wildman–Crippen LogP) is 1.37. The highest BCUT2D eigenvalue weighted by Gasteiger charge is 2.44. The smallest absolute Gasteiger partial charge is 0.313 e. The molecule has 0 saturated carbocycles. The molecule has 0 bridgehead atoms. The van der Waals surface area contributed by atoms with Crippen LogP contribution in [0.15, 0.2) is 0 Å². The Hall–Kier alpha value is -0.650. The zero-order valence-electron chi connectivity index (χ0n) is 12.1. The number of carbonyl (C=O) groups is 1. The molecule has 2 atom stereocenters. The lowest BCUT2D eigenvalue weighted by Crippen LogP contribution is -2.57. The number of carboxylic acids is 1. The van der Waals surface area contributed by atoms with Gasteiger partial charge in [-0.05, 0) is 33.6 Å². The molecule has 0 radical (unpaired) electrons. The molecule has 1 N–H and O–H groups in total. The Morgan fingerprint density at radius 1 is 1.47 bits per heavy atom. The third-order valence-corrected chi connectivity index (χ3v) is 3.94. The molecule has 0 aromatic heterocycles. The average Bonchev–Trinajstić information content (AvgIpc) is 2.26. The number of hydrogen-bond donors (Lipinski definition) is 1. The maximum atomic E-state index is 11.7. The minimum absolute atomic E-state index is 0.138. The second kappa shape index (κ2) is 5.38. The number of nitrogens with zero attached hydrogens (tertiary/aromatic N) is 1. The maximum absolute atomic E-state index is 11.7. The highest BCUT2D eigenvalue weighted by Crippen LogP contribution is 2.32. The molecule has 110 valence electrons. The van der Waals surface area contributed by atoms with E-state index in [1.165, 1.54) is 0 Å². The van der Waals surface area contributed by atoms with Crippen molar-refractivity contribution in [3.8, 4) is 0 Å². The van der Waals surface area contributed by atoms with E-state index in [9.17, 15) is 9.90 Å². The van der Waals surface area contributed by atoms with Gasteiger partial charge in [0.15, 0.2) is 0 Å². The first kappa shape index (κ1) is 14.8. The maximum Gasteiger partial charge on any atom is 0.313 e. The number of carboxylic acid groups (broad SMARTS) is 1. The van der Waals surface area contributed by atoms with Crippen molar-refractivity contribution in [2.75, 3.05) is 32.8 Å². The number of morpholine rings is 1. The van der Waals surface area contributed by atoms with Crippen LogP contribution in [-0.4, -0.2) is 60.5 Å². The van der Waals surface area contributed by atoms with Crippen molar-refractivity contribution in [3.05, 3.63) is 0 Å². The lowest BCUT2D eigenvalue weighted by Gasteiger charge is -2.45. The Morgan fingerprint density at radius 3 is 2.74 bits per heavy atom. The first-order chi connectivity index (χ1) is 8.83. The fourth-order valence-corrected chi connectivity index (χ4v) is 3.35. The van der Waals surface area contributed by atoms with Crippen molar-refractivity contribution in [2.45, 2.75) is 45.3 Å². The third kappa shape index (κ3) is 3.46. The Bertz CT molecular complexity index is 336. The summed E-state index contributed by atoms with van der Waals surface area (Å²) in [6.45, 7) is 9.28. The zero-order valence-corrected chi connectivity index (χ0v) is 12.1. The van der Waals surface area contributed by atoms with Gasteiger partial charge in [-0.15, -0.1) is 0 Å². The molecule has 0 spiro atoms. The van der Waals surface area contributed by atoms with Gasteiger partial charge < -0.3 is 14.6 Å². The van der Waals surface area contributed by atoms with E-state index in [2.05, 4.69) is 18.7 Å². The van der Waals surface area contributed by atoms with Crippen molar-refractivity contribution in [1.29, 1.82) is 0 Å². The van der Waals surface area contributed by atoms with E-state index in [4.69, 9.17) is 9.47 Å². The summed E-state index contributed by atoms with van der Waals surface area (Å²) >= 11 is 0. The van der Waals surface area contributed by atoms with Crippen LogP contribution in [0, 0.1) is 5.41 Å². The van der Waals surface area contributed by atoms with Gasteiger partial charge in [-0.2, -0.15) is 0 Å². The van der Waals surface area contributed by atoms with Crippen LogP contribution < -0.4 is 0 Å². The summed E-state index contributed by atoms with van der Waals surface area (Å²) in [5.74, 6) is -0.732. The Morgan fingerprint density at radius 2 is 2.21 bits per heavy atom. The van der Waals surface area contributed by atoms with E-state index < -0.39 is 11.4 Å². The molecule has 0 amide bonds. The lowest BCUT2D eigenvalue weighted by molar-refractivity contribution is -0.168. The van der Waals surface area contributed by atoms with Crippen LogP contribution >= 0.6 is 0 Å². The number of rotatable bonds is 3. The Labute approximate surface area is 114 Å². The molecule has 2 aliphatic heterocycles. The monoisotopic (exact) mass is 271 g/mol. The summed E-state index contributed by atoms with van der Waals surface area (Å²) in [5, 5.41) is 9.58. The summed E-state index contributed by atoms with van der Waals surface area (Å²) in [4.78, 5) is 13.9. The molecule has 0 aromatic rings. The molecular formula is C14H25NO4. The fourth-order valence-electron chi connectivity index (χ4n) is 3.35. The second-order valence-electron chi connectivity index (χ2n) is 6.60. The van der Waals surface area contributed by atoms with E-state index in [1.54, 1.807) is 0 Å². The van der Waals surface area contributed by atoms with Crippen LogP contribution in [-0.2, 0) is 14.3 Å². The lowest BCUT2D eigenvalue weighted by atomic mass is 9.81. The van der Waals surface area contributed by atoms with E-state index in [1.807, 2.05) is 6.92 Å². The highest BCUT2D eigenvalue weighted by molar-refractivity contribution is 5.75. The quantitative estimate of drug-likeness (QED) is 0.840. The molecule has 2 aliphatic rings. The average molecular weight is 271 g/mol. The normalized spacial score (nSPS) is 36.1. The summed E-state index contributed by atoms with van der Waals surface area (Å²) in [6, 6.07) is 0. The van der Waals surface area contributed by atoms with Gasteiger partial charge in [0, 0.05) is 26.2 Å². The summed E-state index contributed by atoms with van der Waals surface area (Å²) in [7, 11) is 0. The van der Waals surface area contributed by atoms with E-state index >= 15 is 0 Å². The van der Waals surface area contributed by atoms with Gasteiger partial charge in [-0.1, -0.05) is 0 Å². The van der Waals surface area contributed by atoms with E-state index in [-0.39, 0.29) is 11.7 Å². The van der Waals surface area contributed by atoms with Crippen molar-refractivity contribution in [2.24, 2.45) is 5.41 Å². The molecular weight excluding hydrogens is 246 g/mol. The van der Waals surface area contributed by atoms with Crippen LogP contribution in [0.25, 0.3) is 0 Å². The van der Waals surface area contributed by atoms with Gasteiger partial charge in [0.1, 0.15) is 5.41 Å². The molecule has 2 unspecified atom stereocenters. The SMILES string of the molecule is CC1CN(CC2(C(=O)O)CCCOC2)CC(C)(C)O1. The predicted molar refractivity (Wildman–Crippen MR) is 71.2 cm³/mol. The Kier molecular flexibility index (Phi) is 4.18. The van der Waals surface area contributed by atoms with Crippen molar-refractivity contribution < 1.29 is 19.4 Å². The topological polar surface area (TPSA) is 59.0 Å². The Balaban J connectivity index is 2.06. The number of hydrogen-bond acceptors (Lipinski definition) is 4. The summed E-state index contributed by atoms with van der Waals surface area (Å²) in [6.07, 6.45) is 1.67. The summed E-state index contributed by atoms with van der Waals surface area (Å²) < 4.78 is 11.3. The molecule has 2 fully saturated rings. The van der Waals surface area contributed by atoms with Gasteiger partial charge in [-0.25, -0.2) is 0 Å². The molecule has 2 heterocycles. The molecule has 19 heavy (non-hydrogen) atoms. The molecule has 5 nitrogen and oxygen atoms in total. The van der Waals surface area contributed by atoms with E-state index in [0.29, 0.717) is 26.2 Å². The first-order valence-corrected chi connectivity index (χ1v) is 7.04. The zero-order chi connectivity index (χ0) is 14.1. The minimum Gasteiger partial charge on any atom is -0.481 e. The highest BCUT2D eigenvalue weighted by atomic mass is 16.5. The number of ether oxygens (including phenoxy) is 2. The van der Waals surface area contributed by atoms with Gasteiger partial charge in [-0.3, -0.25) is 9.69 Å². The number of aliphatic carboxylic acids is 1. The molecule has 5 heteroatoms. The standard InChI is InChI=1S/C14H25NO4/c1-11-7-15(8-13(2,3)19-11)9-14(12(16)17)5-4-6-18-10-14/h11H,4-10H2,1-3H3,(H,16,17). The van der Waals surface area contributed by atoms with Crippen molar-refractivity contribution in [3.63, 3.8) is 0 Å². The van der Waals surface area contributed by atoms with Crippen LogP contribution in [0.3, 0.4) is 0 Å². The van der Waals surface area contributed by atoms with Crippen LogP contribution in [0.5, 0.6) is 0 Å². The first-order valence-electron chi connectivity index (χ1n) is 7.04. The molecule has 2 rings (SSSR count). The molecule has 0 aliphatic carbocycles. The van der Waals surface area contributed by atoms with Crippen LogP contribution in [0.4, 0.5) is 0 Å². The van der Waals surface area contributed by atoms with Crippen molar-refractivity contribution >= 4 is 5.97 Å². The van der Waals surface area contributed by atoms with Crippen LogP contribution in [0.1, 0.15) is 33.6 Å². The van der Waals surface area contributed by atoms with Crippen LogP contribution in [0.2, 0.25) is 0 Å². The molecule has 2 saturated heterocycles. The van der Waals surface area contributed by atoms with Gasteiger partial charge in [0.2, 0.25) is 0 Å². The molecule has 0 aromatic carbocycles.